The third-order valence-corrected chi connectivity index (χ3v) is 6.10. The lowest BCUT2D eigenvalue weighted by Gasteiger charge is -2.39. The van der Waals surface area contributed by atoms with Gasteiger partial charge in [0.2, 0.25) is 0 Å². The van der Waals surface area contributed by atoms with Crippen LogP contribution >= 0.6 is 0 Å². The first-order valence-corrected chi connectivity index (χ1v) is 12.4. The van der Waals surface area contributed by atoms with Crippen molar-refractivity contribution >= 4 is 17.8 Å². The second kappa shape index (κ2) is 11.8. The van der Waals surface area contributed by atoms with Crippen LogP contribution < -0.4 is 14.8 Å². The summed E-state index contributed by atoms with van der Waals surface area (Å²) in [6.07, 6.45) is -3.71. The summed E-state index contributed by atoms with van der Waals surface area (Å²) in [5.74, 6) is -4.52. The Kier molecular flexibility index (Phi) is 8.45. The van der Waals surface area contributed by atoms with E-state index in [0.717, 1.165) is 12.1 Å². The van der Waals surface area contributed by atoms with Gasteiger partial charge in [-0.2, -0.15) is 0 Å². The highest BCUT2D eigenvalue weighted by Gasteiger charge is 2.43. The van der Waals surface area contributed by atoms with E-state index in [0.29, 0.717) is 0 Å². The number of aromatic nitrogens is 1. The van der Waals surface area contributed by atoms with Crippen molar-refractivity contribution in [1.82, 2.24) is 10.3 Å². The van der Waals surface area contributed by atoms with Gasteiger partial charge in [-0.25, -0.2) is 14.0 Å². The third kappa shape index (κ3) is 6.39. The molecule has 1 aliphatic rings. The highest BCUT2D eigenvalue weighted by molar-refractivity contribution is 6.02. The molecular formula is C28H24F4N2O7. The van der Waals surface area contributed by atoms with Gasteiger partial charge in [0.05, 0.1) is 30.9 Å². The molecule has 4 rings (SSSR count). The Morgan fingerprint density at radius 1 is 0.976 bits per heavy atom. The molecule has 1 N–H and O–H groups in total. The van der Waals surface area contributed by atoms with E-state index < -0.39 is 41.3 Å². The van der Waals surface area contributed by atoms with Gasteiger partial charge in [0, 0.05) is 18.2 Å². The molecule has 9 nitrogen and oxygen atoms in total. The zero-order chi connectivity index (χ0) is 29.8. The van der Waals surface area contributed by atoms with E-state index in [-0.39, 0.29) is 59.9 Å². The lowest BCUT2D eigenvalue weighted by molar-refractivity contribution is -0.275. The smallest absolute Gasteiger partial charge is 0.491 e. The molecule has 0 spiro atoms. The number of pyridine rings is 1. The maximum absolute atomic E-state index is 14.9. The van der Waals surface area contributed by atoms with Gasteiger partial charge >= 0.3 is 18.3 Å². The SMILES string of the molecule is CCOC(=O)c1cc(C(=O)N[C@]2(c3ccc(OC(F)(F)F)c(F)c3)CCOc3cccnc32)cc(C(=O)OCC)c1. The first kappa shape index (κ1) is 29.3. The van der Waals surface area contributed by atoms with E-state index in [9.17, 15) is 31.9 Å². The van der Waals surface area contributed by atoms with Crippen LogP contribution in [-0.2, 0) is 15.0 Å². The Labute approximate surface area is 231 Å². The first-order valence-electron chi connectivity index (χ1n) is 12.4. The summed E-state index contributed by atoms with van der Waals surface area (Å²) in [4.78, 5) is 43.1. The maximum Gasteiger partial charge on any atom is 0.573 e. The fourth-order valence-corrected chi connectivity index (χ4v) is 4.40. The summed E-state index contributed by atoms with van der Waals surface area (Å²) in [6.45, 7) is 3.27. The van der Waals surface area contributed by atoms with Crippen molar-refractivity contribution in [3.63, 3.8) is 0 Å². The molecule has 216 valence electrons. The number of esters is 2. The van der Waals surface area contributed by atoms with Gasteiger partial charge in [0.1, 0.15) is 17.0 Å². The molecule has 0 bridgehead atoms. The van der Waals surface area contributed by atoms with E-state index >= 15 is 0 Å². The maximum atomic E-state index is 14.9. The number of hydrogen-bond acceptors (Lipinski definition) is 8. The number of halogens is 4. The lowest BCUT2D eigenvalue weighted by atomic mass is 9.81. The number of rotatable bonds is 8. The minimum atomic E-state index is -5.12. The average Bonchev–Trinajstić information content (AvgIpc) is 2.93. The van der Waals surface area contributed by atoms with Crippen molar-refractivity contribution in [2.75, 3.05) is 19.8 Å². The Morgan fingerprint density at radius 3 is 2.20 bits per heavy atom. The van der Waals surface area contributed by atoms with Crippen LogP contribution in [0.4, 0.5) is 17.6 Å². The molecule has 0 radical (unpaired) electrons. The van der Waals surface area contributed by atoms with E-state index in [1.54, 1.807) is 26.0 Å². The van der Waals surface area contributed by atoms with Crippen LogP contribution in [0.15, 0.2) is 54.7 Å². The normalized spacial score (nSPS) is 16.1. The molecule has 0 unspecified atom stereocenters. The zero-order valence-electron chi connectivity index (χ0n) is 21.8. The summed E-state index contributed by atoms with van der Waals surface area (Å²) < 4.78 is 72.6. The molecule has 1 atom stereocenters. The van der Waals surface area contributed by atoms with Crippen molar-refractivity contribution in [1.29, 1.82) is 0 Å². The Hall–Kier alpha value is -4.68. The standard InChI is InChI=1S/C28H24F4N2O7/c1-3-38-25(36)17-12-16(13-18(14-17)26(37)39-4-2)24(35)34-27(9-11-40-22-6-5-10-33-23(22)27)19-7-8-21(20(29)15-19)41-28(30,31)32/h5-8,10,12-15H,3-4,9,11H2,1-2H3,(H,34,35)/t27-/m0/s1. The summed E-state index contributed by atoms with van der Waals surface area (Å²) in [7, 11) is 0. The second-order valence-electron chi connectivity index (χ2n) is 8.74. The van der Waals surface area contributed by atoms with E-state index in [4.69, 9.17) is 14.2 Å². The highest BCUT2D eigenvalue weighted by Crippen LogP contribution is 2.42. The monoisotopic (exact) mass is 576 g/mol. The van der Waals surface area contributed by atoms with Gasteiger partial charge in [-0.15, -0.1) is 13.2 Å². The van der Waals surface area contributed by atoms with Crippen LogP contribution in [0.5, 0.6) is 11.5 Å². The Morgan fingerprint density at radius 2 is 1.61 bits per heavy atom. The van der Waals surface area contributed by atoms with Crippen LogP contribution in [0.2, 0.25) is 0 Å². The number of ether oxygens (including phenoxy) is 4. The summed E-state index contributed by atoms with van der Waals surface area (Å²) >= 11 is 0. The number of nitrogens with zero attached hydrogens (tertiary/aromatic N) is 1. The Bertz CT molecular complexity index is 1440. The van der Waals surface area contributed by atoms with Crippen LogP contribution in [0.1, 0.15) is 62.6 Å². The van der Waals surface area contributed by atoms with Crippen LogP contribution in [0, 0.1) is 5.82 Å². The van der Waals surface area contributed by atoms with Crippen molar-refractivity contribution in [2.24, 2.45) is 0 Å². The third-order valence-electron chi connectivity index (χ3n) is 6.10. The molecule has 2 heterocycles. The molecule has 2 aromatic carbocycles. The second-order valence-corrected chi connectivity index (χ2v) is 8.74. The largest absolute Gasteiger partial charge is 0.573 e. The van der Waals surface area contributed by atoms with E-state index in [2.05, 4.69) is 15.0 Å². The number of fused-ring (bicyclic) bond motifs is 1. The van der Waals surface area contributed by atoms with Gasteiger partial charge in [-0.3, -0.25) is 9.78 Å². The average molecular weight is 576 g/mol. The number of carbonyl (C=O) groups excluding carboxylic acids is 3. The number of benzene rings is 2. The molecule has 41 heavy (non-hydrogen) atoms. The van der Waals surface area contributed by atoms with Crippen LogP contribution in [-0.4, -0.2) is 49.0 Å². The molecule has 1 aromatic heterocycles. The topological polar surface area (TPSA) is 113 Å². The van der Waals surface area contributed by atoms with Crippen molar-refractivity contribution in [3.05, 3.63) is 88.5 Å². The van der Waals surface area contributed by atoms with E-state index in [1.807, 2.05) is 0 Å². The van der Waals surface area contributed by atoms with E-state index in [1.165, 1.54) is 30.5 Å². The van der Waals surface area contributed by atoms with Gasteiger partial charge < -0.3 is 24.3 Å². The number of hydrogen-bond donors (Lipinski definition) is 1. The van der Waals surface area contributed by atoms with Gasteiger partial charge in [0.25, 0.3) is 5.91 Å². The summed E-state index contributed by atoms with van der Waals surface area (Å²) in [5, 5.41) is 2.80. The Balaban J connectivity index is 1.82. The molecule has 13 heteroatoms. The minimum absolute atomic E-state index is 0.00394. The molecular weight excluding hydrogens is 552 g/mol. The highest BCUT2D eigenvalue weighted by atomic mass is 19.4. The van der Waals surface area contributed by atoms with Crippen LogP contribution in [0.3, 0.4) is 0 Å². The van der Waals surface area contributed by atoms with Crippen molar-refractivity contribution in [2.45, 2.75) is 32.2 Å². The van der Waals surface area contributed by atoms with Crippen molar-refractivity contribution < 1.29 is 50.9 Å². The predicted octanol–water partition coefficient (Wildman–Crippen LogP) is 4.93. The molecule has 0 fully saturated rings. The quantitative estimate of drug-likeness (QED) is 0.297. The minimum Gasteiger partial charge on any atom is -0.491 e. The molecule has 0 saturated carbocycles. The lowest BCUT2D eigenvalue weighted by Crippen LogP contribution is -2.50. The van der Waals surface area contributed by atoms with Crippen LogP contribution in [0.25, 0.3) is 0 Å². The fourth-order valence-electron chi connectivity index (χ4n) is 4.40. The molecule has 0 saturated heterocycles. The van der Waals surface area contributed by atoms with Gasteiger partial charge in [0.15, 0.2) is 11.6 Å². The first-order chi connectivity index (χ1) is 19.5. The molecule has 1 aliphatic heterocycles. The molecule has 1 amide bonds. The number of amides is 1. The predicted molar refractivity (Wildman–Crippen MR) is 134 cm³/mol. The zero-order valence-corrected chi connectivity index (χ0v) is 21.8. The van der Waals surface area contributed by atoms with Crippen molar-refractivity contribution in [3.8, 4) is 11.5 Å². The number of nitrogens with one attached hydrogen (secondary N) is 1. The fraction of sp³-hybridized carbons (Fsp3) is 0.286. The van der Waals surface area contributed by atoms with Gasteiger partial charge in [-0.05, 0) is 61.9 Å². The molecule has 3 aromatic rings. The number of alkyl halides is 3. The summed E-state index contributed by atoms with van der Waals surface area (Å²) in [6, 6.07) is 9.57. The van der Waals surface area contributed by atoms with Gasteiger partial charge in [-0.1, -0.05) is 6.07 Å². The summed E-state index contributed by atoms with van der Waals surface area (Å²) in [5.41, 5.74) is -1.71. The molecule has 0 aliphatic carbocycles. The number of carbonyl (C=O) groups is 3.